The molecule has 4 nitrogen and oxygen atoms in total. The Morgan fingerprint density at radius 3 is 2.22 bits per heavy atom. The van der Waals surface area contributed by atoms with Gasteiger partial charge in [0, 0.05) is 20.1 Å². The Bertz CT molecular complexity index is 466. The standard InChI is InChI=1S/C13H22N2O2S/c1-11(2)10-12-4-6-13(7-5-12)18(16,17)15(3)9-8-14/h4-7,11H,8-10,14H2,1-3H3. The lowest BCUT2D eigenvalue weighted by atomic mass is 10.0. The molecule has 0 aromatic heterocycles. The van der Waals surface area contributed by atoms with Crippen molar-refractivity contribution in [3.05, 3.63) is 29.8 Å². The van der Waals surface area contributed by atoms with E-state index in [1.54, 1.807) is 19.2 Å². The predicted octanol–water partition coefficient (Wildman–Crippen LogP) is 1.46. The van der Waals surface area contributed by atoms with Gasteiger partial charge in [-0.05, 0) is 30.0 Å². The summed E-state index contributed by atoms with van der Waals surface area (Å²) in [6.45, 7) is 4.93. The van der Waals surface area contributed by atoms with Crippen molar-refractivity contribution in [1.82, 2.24) is 4.31 Å². The van der Waals surface area contributed by atoms with Crippen LogP contribution in [0.1, 0.15) is 19.4 Å². The largest absolute Gasteiger partial charge is 0.329 e. The number of sulfonamides is 1. The summed E-state index contributed by atoms with van der Waals surface area (Å²) in [5.74, 6) is 0.562. The fraction of sp³-hybridized carbons (Fsp3) is 0.538. The zero-order valence-corrected chi connectivity index (χ0v) is 12.1. The number of hydrogen-bond acceptors (Lipinski definition) is 3. The van der Waals surface area contributed by atoms with E-state index in [0.29, 0.717) is 23.9 Å². The van der Waals surface area contributed by atoms with Gasteiger partial charge < -0.3 is 5.73 Å². The fourth-order valence-corrected chi connectivity index (χ4v) is 2.94. The second kappa shape index (κ2) is 6.31. The van der Waals surface area contributed by atoms with Gasteiger partial charge in [0.15, 0.2) is 0 Å². The predicted molar refractivity (Wildman–Crippen MR) is 73.9 cm³/mol. The Kier molecular flexibility index (Phi) is 5.31. The summed E-state index contributed by atoms with van der Waals surface area (Å²) < 4.78 is 25.5. The Balaban J connectivity index is 2.91. The van der Waals surface area contributed by atoms with Crippen molar-refractivity contribution < 1.29 is 8.42 Å². The first-order valence-corrected chi connectivity index (χ1v) is 7.57. The van der Waals surface area contributed by atoms with Crippen LogP contribution in [0.25, 0.3) is 0 Å². The van der Waals surface area contributed by atoms with Gasteiger partial charge in [0.1, 0.15) is 0 Å². The van der Waals surface area contributed by atoms with Crippen molar-refractivity contribution in [1.29, 1.82) is 0 Å². The van der Waals surface area contributed by atoms with E-state index >= 15 is 0 Å². The molecule has 0 fully saturated rings. The maximum absolute atomic E-state index is 12.1. The second-order valence-corrected chi connectivity index (χ2v) is 6.90. The van der Waals surface area contributed by atoms with Gasteiger partial charge in [-0.3, -0.25) is 0 Å². The highest BCUT2D eigenvalue weighted by molar-refractivity contribution is 7.89. The van der Waals surface area contributed by atoms with E-state index in [1.165, 1.54) is 4.31 Å². The summed E-state index contributed by atoms with van der Waals surface area (Å²) in [6, 6.07) is 7.09. The smallest absolute Gasteiger partial charge is 0.242 e. The fourth-order valence-electron chi connectivity index (χ4n) is 1.75. The first-order chi connectivity index (χ1) is 8.37. The molecule has 0 heterocycles. The number of likely N-dealkylation sites (N-methyl/N-ethyl adjacent to an activating group) is 1. The van der Waals surface area contributed by atoms with Gasteiger partial charge in [-0.1, -0.05) is 26.0 Å². The minimum Gasteiger partial charge on any atom is -0.329 e. The topological polar surface area (TPSA) is 63.4 Å². The molecule has 0 aliphatic rings. The van der Waals surface area contributed by atoms with Crippen LogP contribution in [0.15, 0.2) is 29.2 Å². The second-order valence-electron chi connectivity index (χ2n) is 4.86. The van der Waals surface area contributed by atoms with E-state index in [1.807, 2.05) is 12.1 Å². The molecule has 0 atom stereocenters. The van der Waals surface area contributed by atoms with Crippen LogP contribution >= 0.6 is 0 Å². The van der Waals surface area contributed by atoms with Crippen LogP contribution in [0.5, 0.6) is 0 Å². The summed E-state index contributed by atoms with van der Waals surface area (Å²) in [4.78, 5) is 0.325. The third-order valence-electron chi connectivity index (χ3n) is 2.72. The molecule has 18 heavy (non-hydrogen) atoms. The average Bonchev–Trinajstić information content (AvgIpc) is 2.29. The number of benzene rings is 1. The molecule has 1 aromatic carbocycles. The Morgan fingerprint density at radius 1 is 1.22 bits per heavy atom. The quantitative estimate of drug-likeness (QED) is 0.851. The molecule has 1 aromatic rings. The van der Waals surface area contributed by atoms with E-state index in [-0.39, 0.29) is 0 Å². The molecule has 0 saturated carbocycles. The van der Waals surface area contributed by atoms with Crippen LogP contribution in [0.3, 0.4) is 0 Å². The third-order valence-corrected chi connectivity index (χ3v) is 4.59. The number of nitrogens with two attached hydrogens (primary N) is 1. The minimum absolute atomic E-state index is 0.321. The normalized spacial score (nSPS) is 12.3. The van der Waals surface area contributed by atoms with Crippen molar-refractivity contribution >= 4 is 10.0 Å². The molecule has 0 aliphatic heterocycles. The summed E-state index contributed by atoms with van der Waals surface area (Å²) >= 11 is 0. The molecule has 5 heteroatoms. The molecule has 102 valence electrons. The molecule has 0 amide bonds. The van der Waals surface area contributed by atoms with Crippen molar-refractivity contribution in [2.75, 3.05) is 20.1 Å². The van der Waals surface area contributed by atoms with Crippen LogP contribution in [-0.4, -0.2) is 32.9 Å². The minimum atomic E-state index is -3.39. The van der Waals surface area contributed by atoms with E-state index in [4.69, 9.17) is 5.73 Å². The van der Waals surface area contributed by atoms with Crippen LogP contribution in [0, 0.1) is 5.92 Å². The summed E-state index contributed by atoms with van der Waals surface area (Å²) in [5, 5.41) is 0. The first kappa shape index (κ1) is 15.1. The van der Waals surface area contributed by atoms with E-state index in [2.05, 4.69) is 13.8 Å². The van der Waals surface area contributed by atoms with E-state index < -0.39 is 10.0 Å². The number of nitrogens with zero attached hydrogens (tertiary/aromatic N) is 1. The molecule has 0 unspecified atom stereocenters. The highest BCUT2D eigenvalue weighted by Crippen LogP contribution is 2.16. The summed E-state index contributed by atoms with van der Waals surface area (Å²) in [7, 11) is -1.85. The van der Waals surface area contributed by atoms with Crippen LogP contribution in [0.4, 0.5) is 0 Å². The van der Waals surface area contributed by atoms with E-state index in [0.717, 1.165) is 12.0 Å². The lowest BCUT2D eigenvalue weighted by Crippen LogP contribution is -2.31. The van der Waals surface area contributed by atoms with Gasteiger partial charge in [-0.2, -0.15) is 4.31 Å². The Labute approximate surface area is 110 Å². The maximum atomic E-state index is 12.1. The van der Waals surface area contributed by atoms with Crippen LogP contribution in [-0.2, 0) is 16.4 Å². The summed E-state index contributed by atoms with van der Waals surface area (Å²) in [5.41, 5.74) is 6.53. The SMILES string of the molecule is CC(C)Cc1ccc(S(=O)(=O)N(C)CCN)cc1. The molecule has 1 rings (SSSR count). The van der Waals surface area contributed by atoms with Gasteiger partial charge in [0.05, 0.1) is 4.90 Å². The lowest BCUT2D eigenvalue weighted by Gasteiger charge is -2.16. The van der Waals surface area contributed by atoms with Crippen LogP contribution < -0.4 is 5.73 Å². The molecule has 0 aliphatic carbocycles. The van der Waals surface area contributed by atoms with Crippen LogP contribution in [0.2, 0.25) is 0 Å². The molecule has 0 radical (unpaired) electrons. The molecule has 0 saturated heterocycles. The molecule has 0 spiro atoms. The monoisotopic (exact) mass is 270 g/mol. The van der Waals surface area contributed by atoms with Gasteiger partial charge in [0.2, 0.25) is 10.0 Å². The van der Waals surface area contributed by atoms with Crippen molar-refractivity contribution in [2.24, 2.45) is 11.7 Å². The first-order valence-electron chi connectivity index (χ1n) is 6.13. The highest BCUT2D eigenvalue weighted by Gasteiger charge is 2.19. The van der Waals surface area contributed by atoms with Gasteiger partial charge in [-0.15, -0.1) is 0 Å². The van der Waals surface area contributed by atoms with E-state index in [9.17, 15) is 8.42 Å². The van der Waals surface area contributed by atoms with Crippen molar-refractivity contribution in [2.45, 2.75) is 25.2 Å². The maximum Gasteiger partial charge on any atom is 0.242 e. The lowest BCUT2D eigenvalue weighted by molar-refractivity contribution is 0.476. The summed E-state index contributed by atoms with van der Waals surface area (Å²) in [6.07, 6.45) is 0.957. The van der Waals surface area contributed by atoms with Gasteiger partial charge >= 0.3 is 0 Å². The Hall–Kier alpha value is -0.910. The zero-order valence-electron chi connectivity index (χ0n) is 11.3. The molecular weight excluding hydrogens is 248 g/mol. The number of hydrogen-bond donors (Lipinski definition) is 1. The average molecular weight is 270 g/mol. The molecule has 2 N–H and O–H groups in total. The molecular formula is C13H22N2O2S. The highest BCUT2D eigenvalue weighted by atomic mass is 32.2. The van der Waals surface area contributed by atoms with Crippen molar-refractivity contribution in [3.8, 4) is 0 Å². The molecule has 0 bridgehead atoms. The zero-order chi connectivity index (χ0) is 13.8. The Morgan fingerprint density at radius 2 is 1.78 bits per heavy atom. The van der Waals surface area contributed by atoms with Gasteiger partial charge in [0.25, 0.3) is 0 Å². The third kappa shape index (κ3) is 3.80. The number of rotatable bonds is 6. The van der Waals surface area contributed by atoms with Gasteiger partial charge in [-0.25, -0.2) is 8.42 Å². The van der Waals surface area contributed by atoms with Crippen molar-refractivity contribution in [3.63, 3.8) is 0 Å².